The molecule has 1 atom stereocenters. The molecule has 3 nitrogen and oxygen atoms in total. The highest BCUT2D eigenvalue weighted by molar-refractivity contribution is 9.10. The van der Waals surface area contributed by atoms with Crippen molar-refractivity contribution in [3.63, 3.8) is 0 Å². The molecule has 0 aromatic heterocycles. The van der Waals surface area contributed by atoms with Crippen LogP contribution in [0, 0.1) is 0 Å². The molecule has 0 spiro atoms. The molecule has 0 radical (unpaired) electrons. The predicted octanol–water partition coefficient (Wildman–Crippen LogP) is 4.96. The maximum atomic E-state index is 9.92. The maximum Gasteiger partial charge on any atom is 0.147 e. The minimum atomic E-state index is -0.716. The van der Waals surface area contributed by atoms with E-state index in [4.69, 9.17) is 21.1 Å². The molecule has 0 fully saturated rings. The fourth-order valence-corrected chi connectivity index (χ4v) is 2.37. The first-order valence-corrected chi connectivity index (χ1v) is 7.18. The zero-order chi connectivity index (χ0) is 14.7. The molecule has 2 aromatic rings. The van der Waals surface area contributed by atoms with Crippen molar-refractivity contribution in [2.45, 2.75) is 13.0 Å². The molecule has 5 heteroatoms. The highest BCUT2D eigenvalue weighted by atomic mass is 79.9. The largest absolute Gasteiger partial charge is 0.496 e. The number of hydrogen-bond acceptors (Lipinski definition) is 3. The molecule has 0 saturated heterocycles. The lowest BCUT2D eigenvalue weighted by Crippen LogP contribution is -2.00. The van der Waals surface area contributed by atoms with Crippen molar-refractivity contribution in [1.29, 1.82) is 0 Å². The third-order valence-electron chi connectivity index (χ3n) is 2.78. The summed E-state index contributed by atoms with van der Waals surface area (Å²) in [6.45, 7) is 1.66. The third kappa shape index (κ3) is 3.26. The minimum absolute atomic E-state index is 0.493. The van der Waals surface area contributed by atoms with Crippen molar-refractivity contribution in [2.75, 3.05) is 7.11 Å². The smallest absolute Gasteiger partial charge is 0.147 e. The zero-order valence-corrected chi connectivity index (χ0v) is 13.4. The van der Waals surface area contributed by atoms with Gasteiger partial charge in [-0.05, 0) is 37.3 Å². The average Bonchev–Trinajstić information content (AvgIpc) is 2.42. The quantitative estimate of drug-likeness (QED) is 0.841. The third-order valence-corrected chi connectivity index (χ3v) is 3.58. The molecule has 0 aliphatic heterocycles. The van der Waals surface area contributed by atoms with Crippen LogP contribution < -0.4 is 9.47 Å². The Hall–Kier alpha value is -1.23. The molecule has 0 aliphatic rings. The lowest BCUT2D eigenvalue weighted by molar-refractivity contribution is 0.190. The van der Waals surface area contributed by atoms with Gasteiger partial charge in [-0.15, -0.1) is 0 Å². The molecule has 0 bridgehead atoms. The molecule has 0 heterocycles. The van der Waals surface area contributed by atoms with Crippen LogP contribution in [-0.2, 0) is 0 Å². The van der Waals surface area contributed by atoms with Crippen LogP contribution >= 0.6 is 27.5 Å². The summed E-state index contributed by atoms with van der Waals surface area (Å²) in [6.07, 6.45) is -0.716. The molecular weight excluding hydrogens is 344 g/mol. The van der Waals surface area contributed by atoms with Crippen LogP contribution in [0.25, 0.3) is 0 Å². The SMILES string of the molecule is COc1cccc(Oc2cc(Br)ccc2Cl)c1[C@@H](C)O. The Morgan fingerprint density at radius 1 is 1.15 bits per heavy atom. The van der Waals surface area contributed by atoms with Crippen LogP contribution in [0.15, 0.2) is 40.9 Å². The zero-order valence-electron chi connectivity index (χ0n) is 11.1. The first kappa shape index (κ1) is 15.2. The summed E-state index contributed by atoms with van der Waals surface area (Å²) in [6, 6.07) is 10.7. The Morgan fingerprint density at radius 3 is 2.50 bits per heavy atom. The van der Waals surface area contributed by atoms with Gasteiger partial charge in [0, 0.05) is 4.47 Å². The minimum Gasteiger partial charge on any atom is -0.496 e. The Balaban J connectivity index is 2.45. The van der Waals surface area contributed by atoms with E-state index in [0.717, 1.165) is 4.47 Å². The summed E-state index contributed by atoms with van der Waals surface area (Å²) >= 11 is 9.48. The van der Waals surface area contributed by atoms with E-state index in [2.05, 4.69) is 15.9 Å². The normalized spacial score (nSPS) is 12.1. The van der Waals surface area contributed by atoms with Gasteiger partial charge in [0.05, 0.1) is 23.8 Å². The summed E-state index contributed by atoms with van der Waals surface area (Å²) in [4.78, 5) is 0. The van der Waals surface area contributed by atoms with Crippen LogP contribution in [0.5, 0.6) is 17.2 Å². The second-order valence-electron chi connectivity index (χ2n) is 4.22. The van der Waals surface area contributed by atoms with E-state index in [1.54, 1.807) is 44.4 Å². The molecule has 0 unspecified atom stereocenters. The average molecular weight is 358 g/mol. The first-order valence-electron chi connectivity index (χ1n) is 6.00. The molecule has 1 N–H and O–H groups in total. The molecular formula is C15H14BrClO3. The topological polar surface area (TPSA) is 38.7 Å². The summed E-state index contributed by atoms with van der Waals surface area (Å²) in [5.41, 5.74) is 0.589. The number of ether oxygens (including phenoxy) is 2. The summed E-state index contributed by atoms with van der Waals surface area (Å²) < 4.78 is 11.9. The van der Waals surface area contributed by atoms with Gasteiger partial charge in [0.15, 0.2) is 0 Å². The Kier molecular flexibility index (Phi) is 4.91. The molecule has 0 saturated carbocycles. The number of aliphatic hydroxyl groups is 1. The van der Waals surface area contributed by atoms with Gasteiger partial charge in [0.1, 0.15) is 17.2 Å². The van der Waals surface area contributed by atoms with E-state index in [0.29, 0.717) is 27.8 Å². The van der Waals surface area contributed by atoms with Gasteiger partial charge in [-0.25, -0.2) is 0 Å². The lowest BCUT2D eigenvalue weighted by Gasteiger charge is -2.17. The molecule has 2 rings (SSSR count). The molecule has 20 heavy (non-hydrogen) atoms. The van der Waals surface area contributed by atoms with Crippen LogP contribution in [0.1, 0.15) is 18.6 Å². The van der Waals surface area contributed by atoms with Crippen molar-refractivity contribution in [3.8, 4) is 17.2 Å². The van der Waals surface area contributed by atoms with E-state index in [1.807, 2.05) is 6.07 Å². The predicted molar refractivity (Wildman–Crippen MR) is 82.9 cm³/mol. The van der Waals surface area contributed by atoms with E-state index >= 15 is 0 Å². The van der Waals surface area contributed by atoms with Gasteiger partial charge in [-0.2, -0.15) is 0 Å². The standard InChI is InChI=1S/C15H14BrClO3/c1-9(18)15-12(19-2)4-3-5-13(15)20-14-8-10(16)6-7-11(14)17/h3-9,18H,1-2H3/t9-/m1/s1. The van der Waals surface area contributed by atoms with Gasteiger partial charge in [0.25, 0.3) is 0 Å². The van der Waals surface area contributed by atoms with E-state index < -0.39 is 6.10 Å². The van der Waals surface area contributed by atoms with Crippen molar-refractivity contribution < 1.29 is 14.6 Å². The molecule has 0 amide bonds. The van der Waals surface area contributed by atoms with Gasteiger partial charge < -0.3 is 14.6 Å². The van der Waals surface area contributed by atoms with Crippen molar-refractivity contribution in [1.82, 2.24) is 0 Å². The number of halogens is 2. The van der Waals surface area contributed by atoms with Crippen LogP contribution in [0.3, 0.4) is 0 Å². The summed E-state index contributed by atoms with van der Waals surface area (Å²) in [7, 11) is 1.55. The van der Waals surface area contributed by atoms with E-state index in [1.165, 1.54) is 0 Å². The van der Waals surface area contributed by atoms with E-state index in [9.17, 15) is 5.11 Å². The molecule has 0 aliphatic carbocycles. The number of hydrogen-bond donors (Lipinski definition) is 1. The van der Waals surface area contributed by atoms with Crippen LogP contribution in [0.2, 0.25) is 5.02 Å². The number of methoxy groups -OCH3 is 1. The number of rotatable bonds is 4. The Labute approximate surface area is 131 Å². The van der Waals surface area contributed by atoms with E-state index in [-0.39, 0.29) is 0 Å². The molecule has 106 valence electrons. The Bertz CT molecular complexity index is 614. The number of aliphatic hydroxyl groups excluding tert-OH is 1. The van der Waals surface area contributed by atoms with Crippen molar-refractivity contribution in [2.24, 2.45) is 0 Å². The van der Waals surface area contributed by atoms with Gasteiger partial charge in [0.2, 0.25) is 0 Å². The summed E-state index contributed by atoms with van der Waals surface area (Å²) in [5.74, 6) is 1.60. The lowest BCUT2D eigenvalue weighted by atomic mass is 10.1. The number of benzene rings is 2. The highest BCUT2D eigenvalue weighted by Crippen LogP contribution is 2.39. The second-order valence-corrected chi connectivity index (χ2v) is 5.55. The van der Waals surface area contributed by atoms with Crippen LogP contribution in [-0.4, -0.2) is 12.2 Å². The van der Waals surface area contributed by atoms with Gasteiger partial charge in [-0.1, -0.05) is 33.6 Å². The fraction of sp³-hybridized carbons (Fsp3) is 0.200. The van der Waals surface area contributed by atoms with Gasteiger partial charge >= 0.3 is 0 Å². The second kappa shape index (κ2) is 6.48. The van der Waals surface area contributed by atoms with Crippen LogP contribution in [0.4, 0.5) is 0 Å². The van der Waals surface area contributed by atoms with Crippen molar-refractivity contribution >= 4 is 27.5 Å². The maximum absolute atomic E-state index is 9.92. The highest BCUT2D eigenvalue weighted by Gasteiger charge is 2.16. The van der Waals surface area contributed by atoms with Gasteiger partial charge in [-0.3, -0.25) is 0 Å². The summed E-state index contributed by atoms with van der Waals surface area (Å²) in [5, 5.41) is 10.4. The fourth-order valence-electron chi connectivity index (χ4n) is 1.88. The molecule has 2 aromatic carbocycles. The Morgan fingerprint density at radius 2 is 1.85 bits per heavy atom. The monoisotopic (exact) mass is 356 g/mol. The van der Waals surface area contributed by atoms with Crippen molar-refractivity contribution in [3.05, 3.63) is 51.5 Å². The first-order chi connectivity index (χ1) is 9.52.